The fourth-order valence-corrected chi connectivity index (χ4v) is 4.93. The van der Waals surface area contributed by atoms with Crippen molar-refractivity contribution in [1.82, 2.24) is 0 Å². The van der Waals surface area contributed by atoms with Crippen LogP contribution in [-0.4, -0.2) is 24.4 Å². The minimum Gasteiger partial charge on any atom is -0.452 e. The third kappa shape index (κ3) is 4.85. The van der Waals surface area contributed by atoms with Crippen LogP contribution in [0.1, 0.15) is 58.6 Å². The molecule has 3 rings (SSSR count). The van der Waals surface area contributed by atoms with Gasteiger partial charge in [0.2, 0.25) is 5.91 Å². The van der Waals surface area contributed by atoms with Gasteiger partial charge in [-0.25, -0.2) is 4.79 Å². The Labute approximate surface area is 174 Å². The van der Waals surface area contributed by atoms with Crippen LogP contribution in [0.25, 0.3) is 0 Å². The van der Waals surface area contributed by atoms with Crippen molar-refractivity contribution in [2.45, 2.75) is 52.9 Å². The molecule has 154 valence electrons. The summed E-state index contributed by atoms with van der Waals surface area (Å²) in [6.07, 6.45) is 4.54. The lowest BCUT2D eigenvalue weighted by Gasteiger charge is -2.14. The molecule has 1 aromatic carbocycles. The van der Waals surface area contributed by atoms with Gasteiger partial charge in [0.15, 0.2) is 6.61 Å². The normalized spacial score (nSPS) is 12.8. The van der Waals surface area contributed by atoms with Gasteiger partial charge in [-0.1, -0.05) is 25.1 Å². The second kappa shape index (κ2) is 9.22. The third-order valence-corrected chi connectivity index (χ3v) is 6.21. The van der Waals surface area contributed by atoms with Gasteiger partial charge in [-0.15, -0.1) is 11.3 Å². The van der Waals surface area contributed by atoms with E-state index in [-0.39, 0.29) is 18.4 Å². The molecule has 1 aliphatic carbocycles. The second-order valence-corrected chi connectivity index (χ2v) is 8.29. The van der Waals surface area contributed by atoms with Crippen molar-refractivity contribution in [3.63, 3.8) is 0 Å². The number of anilines is 2. The summed E-state index contributed by atoms with van der Waals surface area (Å²) in [7, 11) is 0. The van der Waals surface area contributed by atoms with Gasteiger partial charge in [-0.05, 0) is 55.7 Å². The van der Waals surface area contributed by atoms with E-state index in [1.165, 1.54) is 18.3 Å². The zero-order valence-electron chi connectivity index (χ0n) is 17.0. The molecule has 2 amide bonds. The minimum absolute atomic E-state index is 0.234. The van der Waals surface area contributed by atoms with E-state index in [2.05, 4.69) is 10.6 Å². The number of benzene rings is 1. The number of hydrogen-bond donors (Lipinski definition) is 2. The maximum atomic E-state index is 12.8. The predicted octanol–water partition coefficient (Wildman–Crippen LogP) is 4.25. The molecule has 6 nitrogen and oxygen atoms in total. The van der Waals surface area contributed by atoms with Gasteiger partial charge in [0, 0.05) is 17.5 Å². The van der Waals surface area contributed by atoms with Crippen LogP contribution in [0, 0.1) is 6.92 Å². The molecule has 0 saturated heterocycles. The van der Waals surface area contributed by atoms with Crippen LogP contribution in [0.4, 0.5) is 10.7 Å². The second-order valence-electron chi connectivity index (χ2n) is 7.18. The molecule has 29 heavy (non-hydrogen) atoms. The average Bonchev–Trinajstić information content (AvgIpc) is 3.04. The van der Waals surface area contributed by atoms with Crippen molar-refractivity contribution in [2.75, 3.05) is 17.2 Å². The molecule has 0 atom stereocenters. The quantitative estimate of drug-likeness (QED) is 0.692. The van der Waals surface area contributed by atoms with Crippen molar-refractivity contribution in [3.05, 3.63) is 45.3 Å². The number of carbonyl (C=O) groups is 3. The summed E-state index contributed by atoms with van der Waals surface area (Å²) in [5.41, 5.74) is 4.11. The highest BCUT2D eigenvalue weighted by Crippen LogP contribution is 2.38. The van der Waals surface area contributed by atoms with Crippen LogP contribution < -0.4 is 10.6 Å². The van der Waals surface area contributed by atoms with Crippen molar-refractivity contribution < 1.29 is 19.1 Å². The monoisotopic (exact) mass is 414 g/mol. The van der Waals surface area contributed by atoms with E-state index < -0.39 is 5.97 Å². The topological polar surface area (TPSA) is 84.5 Å². The maximum Gasteiger partial charge on any atom is 0.341 e. The number of esters is 1. The number of ether oxygens (including phenoxy) is 1. The molecule has 0 bridgehead atoms. The number of carbonyl (C=O) groups excluding carboxylic acids is 3. The molecule has 1 aliphatic rings. The minimum atomic E-state index is -0.566. The molecular formula is C22H26N2O4S. The molecule has 2 N–H and O–H groups in total. The Morgan fingerprint density at radius 2 is 1.90 bits per heavy atom. The maximum absolute atomic E-state index is 12.8. The summed E-state index contributed by atoms with van der Waals surface area (Å²) in [6.45, 7) is 4.99. The highest BCUT2D eigenvalue weighted by molar-refractivity contribution is 7.17. The summed E-state index contributed by atoms with van der Waals surface area (Å²) in [5, 5.41) is 6.11. The molecule has 7 heteroatoms. The Hall–Kier alpha value is -2.67. The standard InChI is InChI=1S/C22H26N2O4S/c1-4-15-9-7-8-13(2)20(15)24-18(26)12-28-22(27)19-16-10-5-6-11-17(16)29-21(19)23-14(3)25/h7-9H,4-6,10-12H2,1-3H3,(H,23,25)(H,24,26). The molecule has 0 unspecified atom stereocenters. The van der Waals surface area contributed by atoms with Gasteiger partial charge in [0.1, 0.15) is 5.00 Å². The Balaban J connectivity index is 1.72. The summed E-state index contributed by atoms with van der Waals surface area (Å²) in [5.74, 6) is -1.18. The lowest BCUT2D eigenvalue weighted by molar-refractivity contribution is -0.119. The molecular weight excluding hydrogens is 388 g/mol. The molecule has 0 radical (unpaired) electrons. The number of rotatable bonds is 6. The van der Waals surface area contributed by atoms with Crippen LogP contribution in [0.5, 0.6) is 0 Å². The molecule has 1 heterocycles. The number of amides is 2. The first-order valence-corrected chi connectivity index (χ1v) is 10.7. The van der Waals surface area contributed by atoms with E-state index in [9.17, 15) is 14.4 Å². The van der Waals surface area contributed by atoms with Crippen molar-refractivity contribution >= 4 is 39.8 Å². The van der Waals surface area contributed by atoms with Crippen molar-refractivity contribution in [2.24, 2.45) is 0 Å². The van der Waals surface area contributed by atoms with Crippen LogP contribution in [-0.2, 0) is 33.6 Å². The number of aryl methyl sites for hydroxylation is 3. The number of fused-ring (bicyclic) bond motifs is 1. The highest BCUT2D eigenvalue weighted by Gasteiger charge is 2.27. The number of thiophene rings is 1. The predicted molar refractivity (Wildman–Crippen MR) is 115 cm³/mol. The van der Waals surface area contributed by atoms with E-state index in [0.717, 1.165) is 59.4 Å². The van der Waals surface area contributed by atoms with Gasteiger partial charge in [-0.2, -0.15) is 0 Å². The smallest absolute Gasteiger partial charge is 0.341 e. The Kier molecular flexibility index (Phi) is 6.69. The Bertz CT molecular complexity index is 949. The van der Waals surface area contributed by atoms with Crippen LogP contribution >= 0.6 is 11.3 Å². The average molecular weight is 415 g/mol. The van der Waals surface area contributed by atoms with Gasteiger partial charge in [-0.3, -0.25) is 9.59 Å². The van der Waals surface area contributed by atoms with E-state index >= 15 is 0 Å². The van der Waals surface area contributed by atoms with Gasteiger partial charge in [0.25, 0.3) is 5.91 Å². The summed E-state index contributed by atoms with van der Waals surface area (Å²) in [6, 6.07) is 5.84. The number of nitrogens with one attached hydrogen (secondary N) is 2. The molecule has 0 spiro atoms. The largest absolute Gasteiger partial charge is 0.452 e. The molecule has 2 aromatic rings. The first kappa shape index (κ1) is 21.0. The fraction of sp³-hybridized carbons (Fsp3) is 0.409. The van der Waals surface area contributed by atoms with Gasteiger partial charge in [0.05, 0.1) is 5.56 Å². The fourth-order valence-electron chi connectivity index (χ4n) is 3.61. The molecule has 0 aliphatic heterocycles. The SMILES string of the molecule is CCc1cccc(C)c1NC(=O)COC(=O)c1c(NC(C)=O)sc2c1CCCC2. The first-order chi connectivity index (χ1) is 13.9. The van der Waals surface area contributed by atoms with Crippen molar-refractivity contribution in [3.8, 4) is 0 Å². The summed E-state index contributed by atoms with van der Waals surface area (Å²) in [4.78, 5) is 37.8. The first-order valence-electron chi connectivity index (χ1n) is 9.88. The summed E-state index contributed by atoms with van der Waals surface area (Å²) < 4.78 is 5.33. The number of hydrogen-bond acceptors (Lipinski definition) is 5. The number of para-hydroxylation sites is 1. The van der Waals surface area contributed by atoms with E-state index in [4.69, 9.17) is 4.74 Å². The molecule has 0 saturated carbocycles. The highest BCUT2D eigenvalue weighted by atomic mass is 32.1. The molecule has 1 aromatic heterocycles. The van der Waals surface area contributed by atoms with Gasteiger partial charge < -0.3 is 15.4 Å². The van der Waals surface area contributed by atoms with Gasteiger partial charge >= 0.3 is 5.97 Å². The third-order valence-electron chi connectivity index (χ3n) is 5.00. The Morgan fingerprint density at radius 3 is 2.62 bits per heavy atom. The zero-order valence-corrected chi connectivity index (χ0v) is 17.8. The Morgan fingerprint density at radius 1 is 1.14 bits per heavy atom. The van der Waals surface area contributed by atoms with Crippen molar-refractivity contribution in [1.29, 1.82) is 0 Å². The van der Waals surface area contributed by atoms with Crippen LogP contribution in [0.15, 0.2) is 18.2 Å². The lowest BCUT2D eigenvalue weighted by Crippen LogP contribution is -2.23. The molecule has 0 fully saturated rings. The van der Waals surface area contributed by atoms with E-state index in [1.807, 2.05) is 32.0 Å². The summed E-state index contributed by atoms with van der Waals surface area (Å²) >= 11 is 1.43. The van der Waals surface area contributed by atoms with Crippen LogP contribution in [0.2, 0.25) is 0 Å². The van der Waals surface area contributed by atoms with E-state index in [1.54, 1.807) is 0 Å². The zero-order chi connectivity index (χ0) is 21.0. The van der Waals surface area contributed by atoms with E-state index in [0.29, 0.717) is 10.6 Å². The van der Waals surface area contributed by atoms with Crippen LogP contribution in [0.3, 0.4) is 0 Å². The lowest BCUT2D eigenvalue weighted by atomic mass is 9.95.